The SMILES string of the molecule is C[C@H](CO)N1C[C@H](C)[C@H](CN(C)C(=O)Oc2ccccc2)OCc2ccccc2-c2ccccc2C1=O. The quantitative estimate of drug-likeness (QED) is 0.540. The van der Waals surface area contributed by atoms with Gasteiger partial charge in [-0.15, -0.1) is 0 Å². The third kappa shape index (κ3) is 6.18. The minimum Gasteiger partial charge on any atom is -0.410 e. The zero-order valence-electron chi connectivity index (χ0n) is 21.5. The molecule has 37 heavy (non-hydrogen) atoms. The fourth-order valence-corrected chi connectivity index (χ4v) is 4.56. The maximum absolute atomic E-state index is 13.9. The first-order chi connectivity index (χ1) is 17.9. The molecule has 0 spiro atoms. The molecule has 1 aliphatic rings. The summed E-state index contributed by atoms with van der Waals surface area (Å²) < 4.78 is 11.9. The molecule has 0 bridgehead atoms. The fraction of sp³-hybridized carbons (Fsp3) is 0.333. The number of hydrogen-bond donors (Lipinski definition) is 1. The summed E-state index contributed by atoms with van der Waals surface area (Å²) in [7, 11) is 1.68. The van der Waals surface area contributed by atoms with E-state index in [0.29, 0.717) is 24.5 Å². The number of para-hydroxylation sites is 1. The first-order valence-electron chi connectivity index (χ1n) is 12.6. The molecule has 0 saturated heterocycles. The maximum atomic E-state index is 13.9. The first-order valence-corrected chi connectivity index (χ1v) is 12.6. The van der Waals surface area contributed by atoms with Crippen LogP contribution in [0.4, 0.5) is 4.79 Å². The lowest BCUT2D eigenvalue weighted by molar-refractivity contribution is -0.0205. The Bertz CT molecular complexity index is 1220. The van der Waals surface area contributed by atoms with Crippen LogP contribution >= 0.6 is 0 Å². The van der Waals surface area contributed by atoms with Gasteiger partial charge in [0.1, 0.15) is 5.75 Å². The minimum atomic E-state index is -0.485. The molecule has 0 saturated carbocycles. The van der Waals surface area contributed by atoms with Gasteiger partial charge >= 0.3 is 6.09 Å². The standard InChI is InChI=1S/C30H34N2O5/c1-21-17-32(22(2)19-33)29(34)27-16-10-9-15-26(27)25-14-8-7-11-23(25)20-36-28(21)18-31(3)30(35)37-24-12-5-4-6-13-24/h4-16,21-22,28,33H,17-20H2,1-3H3/t21-,22+,28-/m0/s1. The van der Waals surface area contributed by atoms with Crippen LogP contribution in [0.2, 0.25) is 0 Å². The van der Waals surface area contributed by atoms with Crippen molar-refractivity contribution in [3.63, 3.8) is 0 Å². The summed E-state index contributed by atoms with van der Waals surface area (Å²) in [5.74, 6) is 0.189. The molecule has 3 aromatic carbocycles. The Hall–Kier alpha value is -3.68. The van der Waals surface area contributed by atoms with Gasteiger partial charge in [0.25, 0.3) is 5.91 Å². The van der Waals surface area contributed by atoms with Crippen molar-refractivity contribution in [2.45, 2.75) is 32.6 Å². The highest BCUT2D eigenvalue weighted by molar-refractivity contribution is 6.01. The van der Waals surface area contributed by atoms with Crippen molar-refractivity contribution in [3.8, 4) is 16.9 Å². The number of aliphatic hydroxyl groups excluding tert-OH is 1. The van der Waals surface area contributed by atoms with Gasteiger partial charge in [0.2, 0.25) is 0 Å². The highest BCUT2D eigenvalue weighted by Crippen LogP contribution is 2.31. The molecule has 0 aromatic heterocycles. The van der Waals surface area contributed by atoms with Gasteiger partial charge in [-0.2, -0.15) is 0 Å². The van der Waals surface area contributed by atoms with E-state index in [1.54, 1.807) is 36.2 Å². The van der Waals surface area contributed by atoms with E-state index in [4.69, 9.17) is 9.47 Å². The average molecular weight is 503 g/mol. The Balaban J connectivity index is 1.66. The van der Waals surface area contributed by atoms with Crippen molar-refractivity contribution in [3.05, 3.63) is 90.0 Å². The molecule has 1 heterocycles. The molecule has 7 heteroatoms. The summed E-state index contributed by atoms with van der Waals surface area (Å²) >= 11 is 0. The van der Waals surface area contributed by atoms with E-state index in [9.17, 15) is 14.7 Å². The highest BCUT2D eigenvalue weighted by Gasteiger charge is 2.31. The number of rotatable bonds is 5. The largest absolute Gasteiger partial charge is 0.415 e. The Morgan fingerprint density at radius 2 is 1.65 bits per heavy atom. The summed E-state index contributed by atoms with van der Waals surface area (Å²) in [4.78, 5) is 29.8. The number of ether oxygens (including phenoxy) is 2. The van der Waals surface area contributed by atoms with Gasteiger partial charge in [-0.1, -0.05) is 67.6 Å². The van der Waals surface area contributed by atoms with Crippen molar-refractivity contribution >= 4 is 12.0 Å². The van der Waals surface area contributed by atoms with Gasteiger partial charge in [-0.3, -0.25) is 4.79 Å². The van der Waals surface area contributed by atoms with Crippen LogP contribution in [0, 0.1) is 5.92 Å². The second-order valence-corrected chi connectivity index (χ2v) is 9.58. The molecule has 3 aromatic rings. The van der Waals surface area contributed by atoms with Crippen LogP contribution in [-0.2, 0) is 11.3 Å². The predicted octanol–water partition coefficient (Wildman–Crippen LogP) is 4.84. The van der Waals surface area contributed by atoms with Crippen LogP contribution in [-0.4, -0.2) is 65.8 Å². The lowest BCUT2D eigenvalue weighted by Gasteiger charge is -2.35. The summed E-state index contributed by atoms with van der Waals surface area (Å²) in [5.41, 5.74) is 3.30. The smallest absolute Gasteiger partial charge is 0.410 e. The fourth-order valence-electron chi connectivity index (χ4n) is 4.56. The van der Waals surface area contributed by atoms with Gasteiger partial charge in [0, 0.05) is 25.1 Å². The Morgan fingerprint density at radius 3 is 2.35 bits per heavy atom. The average Bonchev–Trinajstić information content (AvgIpc) is 2.94. The molecule has 1 N–H and O–H groups in total. The van der Waals surface area contributed by atoms with Crippen LogP contribution in [0.15, 0.2) is 78.9 Å². The van der Waals surface area contributed by atoms with Crippen LogP contribution in [0.1, 0.15) is 29.8 Å². The third-order valence-electron chi connectivity index (χ3n) is 6.81. The molecule has 0 unspecified atom stereocenters. The second-order valence-electron chi connectivity index (χ2n) is 9.58. The molecule has 0 aliphatic carbocycles. The molecule has 7 nitrogen and oxygen atoms in total. The number of nitrogens with zero attached hydrogens (tertiary/aromatic N) is 2. The van der Waals surface area contributed by atoms with Crippen molar-refractivity contribution in [2.75, 3.05) is 26.7 Å². The molecule has 1 aliphatic heterocycles. The summed E-state index contributed by atoms with van der Waals surface area (Å²) in [6, 6.07) is 24.0. The monoisotopic (exact) mass is 502 g/mol. The van der Waals surface area contributed by atoms with E-state index in [1.165, 1.54) is 4.90 Å². The Labute approximate surface area is 218 Å². The molecule has 0 radical (unpaired) electrons. The zero-order valence-corrected chi connectivity index (χ0v) is 21.5. The van der Waals surface area contributed by atoms with E-state index in [0.717, 1.165) is 16.7 Å². The van der Waals surface area contributed by atoms with Crippen LogP contribution in [0.5, 0.6) is 5.75 Å². The molecular weight excluding hydrogens is 468 g/mol. The van der Waals surface area contributed by atoms with E-state index in [-0.39, 0.29) is 37.1 Å². The van der Waals surface area contributed by atoms with Crippen molar-refractivity contribution in [1.29, 1.82) is 0 Å². The summed E-state index contributed by atoms with van der Waals surface area (Å²) in [6.45, 7) is 4.63. The minimum absolute atomic E-state index is 0.137. The summed E-state index contributed by atoms with van der Waals surface area (Å²) in [5, 5.41) is 9.97. The number of benzene rings is 3. The number of carbonyl (C=O) groups is 2. The maximum Gasteiger partial charge on any atom is 0.415 e. The topological polar surface area (TPSA) is 79.3 Å². The van der Waals surface area contributed by atoms with Crippen molar-refractivity contribution in [1.82, 2.24) is 9.80 Å². The van der Waals surface area contributed by atoms with E-state index >= 15 is 0 Å². The molecule has 194 valence electrons. The molecule has 0 fully saturated rings. The number of likely N-dealkylation sites (N-methyl/N-ethyl adjacent to an activating group) is 1. The van der Waals surface area contributed by atoms with Crippen LogP contribution < -0.4 is 4.74 Å². The number of fused-ring (bicyclic) bond motifs is 3. The third-order valence-corrected chi connectivity index (χ3v) is 6.81. The van der Waals surface area contributed by atoms with E-state index in [2.05, 4.69) is 0 Å². The second kappa shape index (κ2) is 12.0. The molecule has 3 atom stereocenters. The normalized spacial score (nSPS) is 18.7. The van der Waals surface area contributed by atoms with Gasteiger partial charge in [-0.25, -0.2) is 4.79 Å². The van der Waals surface area contributed by atoms with E-state index in [1.807, 2.05) is 68.4 Å². The van der Waals surface area contributed by atoms with Crippen LogP contribution in [0.25, 0.3) is 11.1 Å². The predicted molar refractivity (Wildman–Crippen MR) is 142 cm³/mol. The van der Waals surface area contributed by atoms with Gasteiger partial charge in [0.15, 0.2) is 0 Å². The van der Waals surface area contributed by atoms with Gasteiger partial charge in [0.05, 0.1) is 31.9 Å². The first kappa shape index (κ1) is 26.4. The van der Waals surface area contributed by atoms with Gasteiger partial charge in [-0.05, 0) is 41.8 Å². The van der Waals surface area contributed by atoms with Crippen molar-refractivity contribution in [2.24, 2.45) is 5.92 Å². The highest BCUT2D eigenvalue weighted by atomic mass is 16.6. The zero-order chi connectivity index (χ0) is 26.4. The van der Waals surface area contributed by atoms with Crippen LogP contribution in [0.3, 0.4) is 0 Å². The number of hydrogen-bond acceptors (Lipinski definition) is 5. The Kier molecular flexibility index (Phi) is 8.58. The number of aliphatic hydroxyl groups is 1. The lowest BCUT2D eigenvalue weighted by atomic mass is 9.94. The van der Waals surface area contributed by atoms with Crippen molar-refractivity contribution < 1.29 is 24.2 Å². The number of amides is 2. The van der Waals surface area contributed by atoms with E-state index < -0.39 is 6.09 Å². The molecule has 2 amide bonds. The molecule has 4 rings (SSSR count). The number of carbonyl (C=O) groups excluding carboxylic acids is 2. The summed E-state index contributed by atoms with van der Waals surface area (Å²) in [6.07, 6.45) is -0.871. The molecular formula is C30H34N2O5. The Morgan fingerprint density at radius 1 is 1.03 bits per heavy atom. The van der Waals surface area contributed by atoms with Gasteiger partial charge < -0.3 is 24.4 Å². The lowest BCUT2D eigenvalue weighted by Crippen LogP contribution is -2.47.